The molecule has 0 unspecified atom stereocenters. The number of rotatable bonds is 6. The second kappa shape index (κ2) is 8.44. The molecular weight excluding hydrogens is 310 g/mol. The zero-order valence-corrected chi connectivity index (χ0v) is 13.8. The summed E-state index contributed by atoms with van der Waals surface area (Å²) < 4.78 is 0. The summed E-state index contributed by atoms with van der Waals surface area (Å²) in [7, 11) is 0. The van der Waals surface area contributed by atoms with E-state index in [1.54, 1.807) is 24.3 Å². The number of nitrogens with one attached hydrogen (secondary N) is 3. The van der Waals surface area contributed by atoms with Gasteiger partial charge in [0, 0.05) is 18.3 Å². The minimum Gasteiger partial charge on any atom is -0.544 e. The van der Waals surface area contributed by atoms with E-state index in [-0.39, 0.29) is 18.2 Å². The van der Waals surface area contributed by atoms with Gasteiger partial charge in [0.05, 0.1) is 25.5 Å². The maximum Gasteiger partial charge on any atom is 0.230 e. The monoisotopic (exact) mass is 333 g/mol. The second-order valence-corrected chi connectivity index (χ2v) is 6.10. The van der Waals surface area contributed by atoms with Gasteiger partial charge in [-0.3, -0.25) is 9.59 Å². The molecule has 2 rings (SSSR count). The number of aliphatic carboxylic acids is 1. The molecule has 0 bridgehead atoms. The van der Waals surface area contributed by atoms with Crippen LogP contribution in [0.5, 0.6) is 0 Å². The molecule has 0 aliphatic carbocycles. The highest BCUT2D eigenvalue weighted by atomic mass is 16.4. The number of likely N-dealkylation sites (tertiary alicyclic amines) is 1. The fourth-order valence-corrected chi connectivity index (χ4v) is 2.99. The number of hydrogen-bond donors (Lipinski definition) is 3. The number of anilines is 2. The summed E-state index contributed by atoms with van der Waals surface area (Å²) in [5.74, 6) is -1.70. The van der Waals surface area contributed by atoms with Crippen LogP contribution in [0.25, 0.3) is 0 Å². The zero-order valence-electron chi connectivity index (χ0n) is 13.8. The number of carbonyl (C=O) groups is 3. The first-order valence-corrected chi connectivity index (χ1v) is 8.18. The first kappa shape index (κ1) is 17.9. The Kier molecular flexibility index (Phi) is 6.31. The Labute approximate surface area is 141 Å². The highest BCUT2D eigenvalue weighted by Gasteiger charge is 2.27. The lowest BCUT2D eigenvalue weighted by molar-refractivity contribution is -0.922. The molecule has 1 aromatic carbocycles. The molecule has 1 saturated heterocycles. The largest absolute Gasteiger partial charge is 0.544 e. The number of carboxylic acid groups (broad SMARTS) is 1. The van der Waals surface area contributed by atoms with Gasteiger partial charge >= 0.3 is 0 Å². The lowest BCUT2D eigenvalue weighted by atomic mass is 10.1. The lowest BCUT2D eigenvalue weighted by Crippen LogP contribution is -3.18. The Morgan fingerprint density at radius 3 is 2.08 bits per heavy atom. The van der Waals surface area contributed by atoms with Crippen molar-refractivity contribution in [2.24, 2.45) is 0 Å². The van der Waals surface area contributed by atoms with E-state index in [9.17, 15) is 19.5 Å². The molecule has 0 radical (unpaired) electrons. The molecule has 0 aromatic heterocycles. The number of quaternary nitrogens is 1. The van der Waals surface area contributed by atoms with E-state index in [1.165, 1.54) is 6.92 Å². The van der Waals surface area contributed by atoms with Crippen LogP contribution in [0.1, 0.15) is 32.6 Å². The smallest absolute Gasteiger partial charge is 0.230 e. The molecule has 24 heavy (non-hydrogen) atoms. The van der Waals surface area contributed by atoms with Crippen LogP contribution in [0.15, 0.2) is 24.3 Å². The van der Waals surface area contributed by atoms with Crippen molar-refractivity contribution in [3.05, 3.63) is 24.3 Å². The average molecular weight is 333 g/mol. The Bertz CT molecular complexity index is 594. The molecule has 130 valence electrons. The third-order valence-corrected chi connectivity index (χ3v) is 4.15. The highest BCUT2D eigenvalue weighted by Crippen LogP contribution is 2.13. The van der Waals surface area contributed by atoms with Crippen molar-refractivity contribution in [1.29, 1.82) is 0 Å². The maximum atomic E-state index is 12.1. The molecule has 0 spiro atoms. The number of benzene rings is 1. The molecule has 1 heterocycles. The summed E-state index contributed by atoms with van der Waals surface area (Å²) in [6.07, 6.45) is 2.96. The standard InChI is InChI=1S/C17H23N3O4/c1-12(21)18-13-5-7-14(8-6-13)19-16(22)11-15(17(23)24)20-9-3-2-4-10-20/h5-8,15H,2-4,9-11H2,1H3,(H,18,21)(H,19,22)(H,23,24)/t15-/m1/s1. The predicted octanol–water partition coefficient (Wildman–Crippen LogP) is -0.839. The van der Waals surface area contributed by atoms with Crippen molar-refractivity contribution in [3.63, 3.8) is 0 Å². The number of piperidine rings is 1. The fourth-order valence-electron chi connectivity index (χ4n) is 2.99. The van der Waals surface area contributed by atoms with Crippen LogP contribution < -0.4 is 20.6 Å². The number of carboxylic acids is 1. The van der Waals surface area contributed by atoms with Gasteiger partial charge in [0.25, 0.3) is 0 Å². The van der Waals surface area contributed by atoms with Crippen LogP contribution in [0.2, 0.25) is 0 Å². The van der Waals surface area contributed by atoms with Gasteiger partial charge in [0.2, 0.25) is 11.8 Å². The van der Waals surface area contributed by atoms with Crippen LogP contribution in [-0.4, -0.2) is 36.9 Å². The average Bonchev–Trinajstić information content (AvgIpc) is 2.54. The molecule has 1 atom stereocenters. The van der Waals surface area contributed by atoms with Crippen LogP contribution in [0, 0.1) is 0 Å². The van der Waals surface area contributed by atoms with Crippen molar-refractivity contribution in [2.75, 3.05) is 23.7 Å². The third kappa shape index (κ3) is 5.34. The van der Waals surface area contributed by atoms with E-state index in [1.807, 2.05) is 0 Å². The predicted molar refractivity (Wildman–Crippen MR) is 87.3 cm³/mol. The quantitative estimate of drug-likeness (QED) is 0.632. The van der Waals surface area contributed by atoms with E-state index in [0.29, 0.717) is 11.4 Å². The lowest BCUT2D eigenvalue weighted by Gasteiger charge is -2.31. The Balaban J connectivity index is 1.92. The first-order valence-electron chi connectivity index (χ1n) is 8.18. The van der Waals surface area contributed by atoms with Gasteiger partial charge in [-0.05, 0) is 43.5 Å². The van der Waals surface area contributed by atoms with Gasteiger partial charge in [0.15, 0.2) is 0 Å². The molecule has 7 heteroatoms. The third-order valence-electron chi connectivity index (χ3n) is 4.15. The number of hydrogen-bond acceptors (Lipinski definition) is 4. The molecule has 1 fully saturated rings. The molecular formula is C17H23N3O4. The SMILES string of the molecule is CC(=O)Nc1ccc(NC(=O)C[C@H](C(=O)[O-])[NH+]2CCCCC2)cc1. The molecule has 1 aromatic rings. The summed E-state index contributed by atoms with van der Waals surface area (Å²) in [5, 5.41) is 16.7. The van der Waals surface area contributed by atoms with E-state index in [0.717, 1.165) is 37.3 Å². The maximum absolute atomic E-state index is 12.1. The highest BCUT2D eigenvalue weighted by molar-refractivity contribution is 5.94. The summed E-state index contributed by atoms with van der Waals surface area (Å²) >= 11 is 0. The number of amides is 2. The van der Waals surface area contributed by atoms with Crippen molar-refractivity contribution < 1.29 is 24.4 Å². The van der Waals surface area contributed by atoms with Crippen molar-refractivity contribution in [1.82, 2.24) is 0 Å². The molecule has 7 nitrogen and oxygen atoms in total. The van der Waals surface area contributed by atoms with Crippen LogP contribution in [0.3, 0.4) is 0 Å². The van der Waals surface area contributed by atoms with E-state index >= 15 is 0 Å². The summed E-state index contributed by atoms with van der Waals surface area (Å²) in [6, 6.07) is 5.84. The molecule has 1 aliphatic heterocycles. The van der Waals surface area contributed by atoms with E-state index < -0.39 is 12.0 Å². The van der Waals surface area contributed by atoms with Gasteiger partial charge in [-0.25, -0.2) is 0 Å². The van der Waals surface area contributed by atoms with Crippen molar-refractivity contribution in [2.45, 2.75) is 38.6 Å². The normalized spacial score (nSPS) is 16.2. The molecule has 0 saturated carbocycles. The molecule has 1 aliphatic rings. The summed E-state index contributed by atoms with van der Waals surface area (Å²) in [6.45, 7) is 2.94. The fraction of sp³-hybridized carbons (Fsp3) is 0.471. The Morgan fingerprint density at radius 1 is 1.04 bits per heavy atom. The summed E-state index contributed by atoms with van der Waals surface area (Å²) in [5.41, 5.74) is 1.19. The van der Waals surface area contributed by atoms with Gasteiger partial charge in [-0.1, -0.05) is 0 Å². The minimum absolute atomic E-state index is 0.106. The van der Waals surface area contributed by atoms with Gasteiger partial charge < -0.3 is 25.4 Å². The zero-order chi connectivity index (χ0) is 17.5. The van der Waals surface area contributed by atoms with E-state index in [2.05, 4.69) is 10.6 Å². The Hall–Kier alpha value is -2.41. The van der Waals surface area contributed by atoms with Crippen LogP contribution in [-0.2, 0) is 14.4 Å². The molecule has 2 amide bonds. The van der Waals surface area contributed by atoms with Crippen molar-refractivity contribution in [3.8, 4) is 0 Å². The van der Waals surface area contributed by atoms with Gasteiger partial charge in [0.1, 0.15) is 6.04 Å². The molecule has 3 N–H and O–H groups in total. The van der Waals surface area contributed by atoms with Crippen molar-refractivity contribution >= 4 is 29.2 Å². The summed E-state index contributed by atoms with van der Waals surface area (Å²) in [4.78, 5) is 35.4. The minimum atomic E-state index is -1.18. The van der Waals surface area contributed by atoms with Crippen LogP contribution >= 0.6 is 0 Å². The van der Waals surface area contributed by atoms with Gasteiger partial charge in [-0.15, -0.1) is 0 Å². The Morgan fingerprint density at radius 2 is 1.58 bits per heavy atom. The topological polar surface area (TPSA) is 103 Å². The first-order chi connectivity index (χ1) is 11.5. The van der Waals surface area contributed by atoms with Crippen LogP contribution in [0.4, 0.5) is 11.4 Å². The van der Waals surface area contributed by atoms with Gasteiger partial charge in [-0.2, -0.15) is 0 Å². The second-order valence-electron chi connectivity index (χ2n) is 6.10. The van der Waals surface area contributed by atoms with E-state index in [4.69, 9.17) is 0 Å². The number of carbonyl (C=O) groups excluding carboxylic acids is 3.